The summed E-state index contributed by atoms with van der Waals surface area (Å²) in [6.45, 7) is 8.94. The van der Waals surface area contributed by atoms with E-state index in [1.54, 1.807) is 0 Å². The molecule has 2 aliphatic carbocycles. The average molecular weight is 419 g/mol. The summed E-state index contributed by atoms with van der Waals surface area (Å²) < 4.78 is 11.8. The Labute approximate surface area is 175 Å². The molecule has 2 amide bonds. The molecule has 6 nitrogen and oxygen atoms in total. The maximum Gasteiger partial charge on any atom is 0.257 e. The second-order valence-electron chi connectivity index (χ2n) is 9.53. The van der Waals surface area contributed by atoms with Crippen molar-refractivity contribution < 1.29 is 19.1 Å². The van der Waals surface area contributed by atoms with Crippen LogP contribution in [0.3, 0.4) is 0 Å². The first-order chi connectivity index (χ1) is 13.9. The van der Waals surface area contributed by atoms with Crippen molar-refractivity contribution in [3.63, 3.8) is 0 Å². The van der Waals surface area contributed by atoms with Crippen molar-refractivity contribution >= 4 is 28.2 Å². The van der Waals surface area contributed by atoms with Crippen LogP contribution in [0.2, 0.25) is 0 Å². The number of rotatable bonds is 5. The molecule has 4 atom stereocenters. The molecule has 0 aromatic carbocycles. The van der Waals surface area contributed by atoms with Crippen molar-refractivity contribution in [2.75, 3.05) is 25.1 Å². The fraction of sp³-hybridized carbons (Fsp3) is 0.727. The lowest BCUT2D eigenvalue weighted by Gasteiger charge is -2.39. The van der Waals surface area contributed by atoms with E-state index in [-0.39, 0.29) is 22.6 Å². The van der Waals surface area contributed by atoms with Crippen LogP contribution in [0.4, 0.5) is 5.00 Å². The number of carbonyl (C=O) groups excluding carboxylic acids is 2. The maximum atomic E-state index is 13.6. The monoisotopic (exact) mass is 418 g/mol. The molecular weight excluding hydrogens is 388 g/mol. The van der Waals surface area contributed by atoms with E-state index in [4.69, 9.17) is 9.47 Å². The van der Waals surface area contributed by atoms with Crippen LogP contribution in [0.1, 0.15) is 67.3 Å². The third-order valence-electron chi connectivity index (χ3n) is 8.37. The van der Waals surface area contributed by atoms with Crippen LogP contribution in [-0.4, -0.2) is 37.2 Å². The van der Waals surface area contributed by atoms with E-state index in [2.05, 4.69) is 24.5 Å². The molecule has 0 spiro atoms. The molecule has 158 valence electrons. The van der Waals surface area contributed by atoms with Gasteiger partial charge in [-0.3, -0.25) is 9.59 Å². The lowest BCUT2D eigenvalue weighted by Crippen LogP contribution is -2.52. The largest absolute Gasteiger partial charge is 0.376 e. The molecule has 1 saturated heterocycles. The number of hydrogen-bond acceptors (Lipinski definition) is 5. The first-order valence-electron chi connectivity index (χ1n) is 10.8. The Bertz CT molecular complexity index is 882. The van der Waals surface area contributed by atoms with E-state index in [1.807, 2.05) is 6.92 Å². The Morgan fingerprint density at radius 1 is 1.31 bits per heavy atom. The summed E-state index contributed by atoms with van der Waals surface area (Å²) in [6, 6.07) is 0. The smallest absolute Gasteiger partial charge is 0.257 e. The number of amides is 2. The van der Waals surface area contributed by atoms with Crippen LogP contribution >= 0.6 is 11.3 Å². The number of nitrogens with one attached hydrogen (secondary N) is 2. The second-order valence-corrected chi connectivity index (χ2v) is 10.6. The zero-order valence-electron chi connectivity index (χ0n) is 17.5. The predicted octanol–water partition coefficient (Wildman–Crippen LogP) is 3.49. The molecule has 0 radical (unpaired) electrons. The Morgan fingerprint density at radius 2 is 2.14 bits per heavy atom. The molecule has 7 heteroatoms. The van der Waals surface area contributed by atoms with Gasteiger partial charge in [-0.1, -0.05) is 20.8 Å². The van der Waals surface area contributed by atoms with E-state index in [0.29, 0.717) is 49.3 Å². The van der Waals surface area contributed by atoms with Gasteiger partial charge in [0.1, 0.15) is 5.00 Å². The highest BCUT2D eigenvalue weighted by Crippen LogP contribution is 2.75. The van der Waals surface area contributed by atoms with Crippen LogP contribution in [0.5, 0.6) is 0 Å². The Morgan fingerprint density at radius 3 is 2.86 bits per heavy atom. The van der Waals surface area contributed by atoms with Crippen LogP contribution in [0.15, 0.2) is 0 Å². The van der Waals surface area contributed by atoms with Crippen molar-refractivity contribution in [3.05, 3.63) is 16.0 Å². The summed E-state index contributed by atoms with van der Waals surface area (Å²) in [7, 11) is 0. The van der Waals surface area contributed by atoms with Crippen LogP contribution in [0.25, 0.3) is 0 Å². The first kappa shape index (κ1) is 19.5. The van der Waals surface area contributed by atoms with Crippen LogP contribution in [0, 0.1) is 16.7 Å². The van der Waals surface area contributed by atoms with E-state index in [9.17, 15) is 9.59 Å². The average Bonchev–Trinajstić information content (AvgIpc) is 3.33. The molecule has 2 saturated carbocycles. The number of carbonyl (C=O) groups is 2. The Balaban J connectivity index is 1.47. The summed E-state index contributed by atoms with van der Waals surface area (Å²) in [4.78, 5) is 27.6. The molecule has 29 heavy (non-hydrogen) atoms. The maximum absolute atomic E-state index is 13.6. The van der Waals surface area contributed by atoms with Gasteiger partial charge in [0, 0.05) is 22.3 Å². The third-order valence-corrected chi connectivity index (χ3v) is 9.50. The van der Waals surface area contributed by atoms with Gasteiger partial charge < -0.3 is 20.1 Å². The van der Waals surface area contributed by atoms with E-state index >= 15 is 0 Å². The zero-order valence-corrected chi connectivity index (χ0v) is 18.3. The summed E-state index contributed by atoms with van der Waals surface area (Å²) >= 11 is 1.48. The molecule has 1 aromatic heterocycles. The number of anilines is 1. The number of ether oxygens (including phenoxy) is 2. The fourth-order valence-electron chi connectivity index (χ4n) is 6.35. The van der Waals surface area contributed by atoms with Gasteiger partial charge in [0.15, 0.2) is 5.60 Å². The molecule has 1 aromatic rings. The van der Waals surface area contributed by atoms with Crippen molar-refractivity contribution in [3.8, 4) is 0 Å². The Hall–Kier alpha value is -1.44. The zero-order chi connectivity index (χ0) is 20.4. The molecule has 5 rings (SSSR count). The minimum Gasteiger partial charge on any atom is -0.376 e. The quantitative estimate of drug-likeness (QED) is 0.767. The highest BCUT2D eigenvalue weighted by molar-refractivity contribution is 7.17. The third kappa shape index (κ3) is 2.41. The molecule has 2 N–H and O–H groups in total. The topological polar surface area (TPSA) is 76.7 Å². The van der Waals surface area contributed by atoms with Crippen molar-refractivity contribution in [1.29, 1.82) is 0 Å². The summed E-state index contributed by atoms with van der Waals surface area (Å²) in [5.41, 5.74) is 0.815. The number of hydrogen-bond donors (Lipinski definition) is 2. The second kappa shape index (κ2) is 6.53. The van der Waals surface area contributed by atoms with Gasteiger partial charge in [0.2, 0.25) is 0 Å². The first-order valence-corrected chi connectivity index (χ1v) is 11.6. The van der Waals surface area contributed by atoms with Crippen molar-refractivity contribution in [1.82, 2.24) is 5.32 Å². The van der Waals surface area contributed by atoms with Gasteiger partial charge >= 0.3 is 0 Å². The van der Waals surface area contributed by atoms with Gasteiger partial charge in [0.25, 0.3) is 11.8 Å². The molecule has 3 fully saturated rings. The molecule has 0 unspecified atom stereocenters. The highest BCUT2D eigenvalue weighted by atomic mass is 32.1. The van der Waals surface area contributed by atoms with Gasteiger partial charge in [-0.2, -0.15) is 0 Å². The van der Waals surface area contributed by atoms with Crippen molar-refractivity contribution in [2.45, 2.75) is 65.1 Å². The lowest BCUT2D eigenvalue weighted by molar-refractivity contribution is -0.149. The molecule has 2 aliphatic heterocycles. The normalized spacial score (nSPS) is 36.9. The molecule has 3 heterocycles. The minimum atomic E-state index is -0.775. The minimum absolute atomic E-state index is 0.0741. The highest BCUT2D eigenvalue weighted by Gasteiger charge is 2.78. The van der Waals surface area contributed by atoms with Crippen molar-refractivity contribution in [2.24, 2.45) is 16.7 Å². The van der Waals surface area contributed by atoms with E-state index in [0.717, 1.165) is 29.7 Å². The standard InChI is InChI=1S/C22H30N2O4S/c1-4-8-23-17(25)16-14-6-9-27-11-15(14)29-18(16)24-19(26)22-10-13-5-7-21(22,3)20(13,2)12-28-22/h13H,4-12H2,1-3H3,(H,23,25)(H,24,26)/t13-,20+,21-,22+/m1/s1. The summed E-state index contributed by atoms with van der Waals surface area (Å²) in [5.74, 6) is 0.370. The fourth-order valence-corrected chi connectivity index (χ4v) is 7.53. The summed E-state index contributed by atoms with van der Waals surface area (Å²) in [5, 5.41) is 6.79. The van der Waals surface area contributed by atoms with Gasteiger partial charge in [-0.05, 0) is 43.6 Å². The van der Waals surface area contributed by atoms with Gasteiger partial charge in [-0.15, -0.1) is 11.3 Å². The predicted molar refractivity (Wildman–Crippen MR) is 111 cm³/mol. The lowest BCUT2D eigenvalue weighted by atomic mass is 9.66. The van der Waals surface area contributed by atoms with Crippen LogP contribution in [-0.2, 0) is 27.3 Å². The molecule has 4 bridgehead atoms. The Kier molecular flexibility index (Phi) is 4.39. The molecule has 4 aliphatic rings. The SMILES string of the molecule is CCCNC(=O)c1c(NC(=O)[C@@]23C[C@H]4CC[C@]2(C)[C@@]4(C)CO3)sc2c1CCOC2. The summed E-state index contributed by atoms with van der Waals surface area (Å²) in [6.07, 6.45) is 4.58. The van der Waals surface area contributed by atoms with Crippen LogP contribution < -0.4 is 10.6 Å². The van der Waals surface area contributed by atoms with Gasteiger partial charge in [0.05, 0.1) is 25.4 Å². The molecular formula is C22H30N2O4S. The van der Waals surface area contributed by atoms with E-state index < -0.39 is 5.60 Å². The number of fused-ring (bicyclic) bond motifs is 1. The number of thiophene rings is 1. The van der Waals surface area contributed by atoms with E-state index in [1.165, 1.54) is 17.8 Å². The van der Waals surface area contributed by atoms with Gasteiger partial charge in [-0.25, -0.2) is 0 Å².